The van der Waals surface area contributed by atoms with Gasteiger partial charge in [-0.05, 0) is 75.3 Å². The fourth-order valence-corrected chi connectivity index (χ4v) is 6.23. The standard InChI is InChI=1S/C33H34FN5O4/c1-38(2)24-11-14-39(19-24)32(41)33(18-26(33)31(40)37-42)17-21-7-8-30(27(34)15-21)43-20-23-16-29(22-9-12-35-13-10-22)36-28-6-4-3-5-25(23)28/h3-10,12-13,15-16,24,26,42H,11,14,17-20H2,1-2H3,(H,37,40)/t24?,26?,33-/m0/s1. The van der Waals surface area contributed by atoms with E-state index in [0.29, 0.717) is 25.1 Å². The molecule has 2 fully saturated rings. The third-order valence-corrected chi connectivity index (χ3v) is 8.79. The highest BCUT2D eigenvalue weighted by atomic mass is 19.1. The Morgan fingerprint density at radius 1 is 1.14 bits per heavy atom. The van der Waals surface area contributed by atoms with Crippen molar-refractivity contribution >= 4 is 22.7 Å². The molecular weight excluding hydrogens is 549 g/mol. The lowest BCUT2D eigenvalue weighted by Gasteiger charge is -2.25. The molecule has 2 unspecified atom stereocenters. The van der Waals surface area contributed by atoms with Crippen LogP contribution < -0.4 is 10.2 Å². The fourth-order valence-electron chi connectivity index (χ4n) is 6.23. The molecule has 0 bridgehead atoms. The molecule has 4 aromatic rings. The molecule has 43 heavy (non-hydrogen) atoms. The first-order valence-electron chi connectivity index (χ1n) is 14.4. The van der Waals surface area contributed by atoms with Gasteiger partial charge < -0.3 is 14.5 Å². The van der Waals surface area contributed by atoms with Gasteiger partial charge in [0.1, 0.15) is 6.61 Å². The van der Waals surface area contributed by atoms with Gasteiger partial charge in [-0.3, -0.25) is 19.8 Å². The number of likely N-dealkylation sites (tertiary alicyclic amines) is 1. The number of nitrogens with one attached hydrogen (secondary N) is 1. The normalized spacial score (nSPS) is 21.3. The molecule has 2 N–H and O–H groups in total. The minimum Gasteiger partial charge on any atom is -0.486 e. The molecule has 0 spiro atoms. The molecule has 9 nitrogen and oxygen atoms in total. The Hall–Kier alpha value is -4.41. The quantitative estimate of drug-likeness (QED) is 0.224. The van der Waals surface area contributed by atoms with Crippen molar-refractivity contribution in [3.05, 3.63) is 90.0 Å². The Kier molecular flexibility index (Phi) is 7.81. The van der Waals surface area contributed by atoms with Gasteiger partial charge in [-0.2, -0.15) is 0 Å². The van der Waals surface area contributed by atoms with Crippen LogP contribution in [0.1, 0.15) is 24.0 Å². The fraction of sp³-hybridized carbons (Fsp3) is 0.333. The number of halogens is 1. The Balaban J connectivity index is 1.21. The second kappa shape index (κ2) is 11.7. The molecule has 1 saturated heterocycles. The molecular formula is C33H34FN5O4. The van der Waals surface area contributed by atoms with E-state index in [0.717, 1.165) is 34.1 Å². The van der Waals surface area contributed by atoms with E-state index in [-0.39, 0.29) is 30.7 Å². The van der Waals surface area contributed by atoms with E-state index in [4.69, 9.17) is 9.72 Å². The number of likely N-dealkylation sites (N-methyl/N-ethyl adjacent to an activating group) is 1. The number of hydroxylamine groups is 1. The van der Waals surface area contributed by atoms with Gasteiger partial charge in [0.2, 0.25) is 11.8 Å². The number of hydrogen-bond donors (Lipinski definition) is 2. The van der Waals surface area contributed by atoms with Crippen LogP contribution in [0.3, 0.4) is 0 Å². The average molecular weight is 584 g/mol. The predicted octanol–water partition coefficient (Wildman–Crippen LogP) is 4.23. The van der Waals surface area contributed by atoms with Gasteiger partial charge in [-0.25, -0.2) is 14.9 Å². The van der Waals surface area contributed by atoms with Crippen molar-refractivity contribution in [3.8, 4) is 17.0 Å². The van der Waals surface area contributed by atoms with Crippen molar-refractivity contribution in [1.29, 1.82) is 0 Å². The number of fused-ring (bicyclic) bond motifs is 1. The van der Waals surface area contributed by atoms with E-state index in [1.165, 1.54) is 6.07 Å². The van der Waals surface area contributed by atoms with Gasteiger partial charge >= 0.3 is 0 Å². The number of rotatable bonds is 9. The maximum Gasteiger partial charge on any atom is 0.247 e. The van der Waals surface area contributed by atoms with E-state index in [2.05, 4.69) is 9.88 Å². The molecule has 2 aromatic carbocycles. The molecule has 1 aliphatic carbocycles. The van der Waals surface area contributed by atoms with Crippen LogP contribution in [0.4, 0.5) is 4.39 Å². The van der Waals surface area contributed by atoms with E-state index < -0.39 is 23.1 Å². The summed E-state index contributed by atoms with van der Waals surface area (Å²) >= 11 is 0. The van der Waals surface area contributed by atoms with Crippen molar-refractivity contribution < 1.29 is 23.9 Å². The maximum atomic E-state index is 15.4. The van der Waals surface area contributed by atoms with Crippen LogP contribution in [-0.2, 0) is 22.6 Å². The summed E-state index contributed by atoms with van der Waals surface area (Å²) in [7, 11) is 3.97. The Morgan fingerprint density at radius 2 is 1.93 bits per heavy atom. The number of ether oxygens (including phenoxy) is 1. The summed E-state index contributed by atoms with van der Waals surface area (Å²) in [6.07, 6.45) is 4.76. The number of carbonyl (C=O) groups excluding carboxylic acids is 2. The number of nitrogens with zero attached hydrogens (tertiary/aromatic N) is 4. The number of benzene rings is 2. The summed E-state index contributed by atoms with van der Waals surface area (Å²) in [5.74, 6) is -1.85. The monoisotopic (exact) mass is 583 g/mol. The maximum absolute atomic E-state index is 15.4. The summed E-state index contributed by atoms with van der Waals surface area (Å²) in [6, 6.07) is 18.4. The number of hydrogen-bond acceptors (Lipinski definition) is 7. The van der Waals surface area contributed by atoms with Crippen LogP contribution >= 0.6 is 0 Å². The molecule has 1 saturated carbocycles. The lowest BCUT2D eigenvalue weighted by atomic mass is 9.91. The van der Waals surface area contributed by atoms with Crippen LogP contribution in [0.2, 0.25) is 0 Å². The van der Waals surface area contributed by atoms with E-state index in [1.807, 2.05) is 56.6 Å². The SMILES string of the molecule is CN(C)C1CCN(C(=O)[C@@]2(Cc3ccc(OCc4cc(-c5ccncc5)nc5ccccc45)c(F)c3)CC2C(=O)NO)C1. The summed E-state index contributed by atoms with van der Waals surface area (Å²) < 4.78 is 21.4. The number of pyridine rings is 2. The van der Waals surface area contributed by atoms with Gasteiger partial charge in [0, 0.05) is 48.0 Å². The molecule has 222 valence electrons. The molecule has 2 aliphatic rings. The van der Waals surface area contributed by atoms with E-state index in [1.54, 1.807) is 34.9 Å². The van der Waals surface area contributed by atoms with Gasteiger partial charge in [0.05, 0.1) is 22.5 Å². The summed E-state index contributed by atoms with van der Waals surface area (Å²) in [6.45, 7) is 1.31. The summed E-state index contributed by atoms with van der Waals surface area (Å²) in [4.78, 5) is 38.8. The van der Waals surface area contributed by atoms with E-state index in [9.17, 15) is 14.8 Å². The zero-order valence-corrected chi connectivity index (χ0v) is 24.2. The lowest BCUT2D eigenvalue weighted by Crippen LogP contribution is -2.41. The average Bonchev–Trinajstić information content (AvgIpc) is 3.52. The number of para-hydroxylation sites is 1. The molecule has 2 aromatic heterocycles. The van der Waals surface area contributed by atoms with E-state index >= 15 is 4.39 Å². The van der Waals surface area contributed by atoms with Crippen molar-refractivity contribution in [3.63, 3.8) is 0 Å². The van der Waals surface area contributed by atoms with Crippen molar-refractivity contribution in [2.24, 2.45) is 11.3 Å². The second-order valence-corrected chi connectivity index (χ2v) is 11.7. The molecule has 10 heteroatoms. The van der Waals surface area contributed by atoms with Crippen LogP contribution in [0.5, 0.6) is 5.75 Å². The van der Waals surface area contributed by atoms with Crippen LogP contribution in [0.25, 0.3) is 22.2 Å². The Morgan fingerprint density at radius 3 is 2.65 bits per heavy atom. The first-order valence-corrected chi connectivity index (χ1v) is 14.4. The molecule has 0 radical (unpaired) electrons. The zero-order valence-electron chi connectivity index (χ0n) is 24.2. The second-order valence-electron chi connectivity index (χ2n) is 11.7. The third-order valence-electron chi connectivity index (χ3n) is 8.79. The largest absolute Gasteiger partial charge is 0.486 e. The Labute approximate surface area is 249 Å². The van der Waals surface area contributed by atoms with Crippen molar-refractivity contribution in [1.82, 2.24) is 25.2 Å². The minimum absolute atomic E-state index is 0.0873. The topological polar surface area (TPSA) is 108 Å². The summed E-state index contributed by atoms with van der Waals surface area (Å²) in [5.41, 5.74) is 4.63. The lowest BCUT2D eigenvalue weighted by molar-refractivity contribution is -0.140. The first-order chi connectivity index (χ1) is 20.8. The summed E-state index contributed by atoms with van der Waals surface area (Å²) in [5, 5.41) is 10.2. The zero-order chi connectivity index (χ0) is 30.1. The highest BCUT2D eigenvalue weighted by Gasteiger charge is 2.64. The minimum atomic E-state index is -1.01. The highest BCUT2D eigenvalue weighted by Crippen LogP contribution is 2.56. The Bertz CT molecular complexity index is 1670. The molecule has 1 aliphatic heterocycles. The van der Waals surface area contributed by atoms with Gasteiger partial charge in [0.15, 0.2) is 11.6 Å². The van der Waals surface area contributed by atoms with Gasteiger partial charge in [-0.1, -0.05) is 24.3 Å². The van der Waals surface area contributed by atoms with Crippen LogP contribution in [0, 0.1) is 17.2 Å². The third kappa shape index (κ3) is 5.68. The smallest absolute Gasteiger partial charge is 0.247 e. The molecule has 2 amide bonds. The van der Waals surface area contributed by atoms with Crippen molar-refractivity contribution in [2.45, 2.75) is 31.9 Å². The number of amides is 2. The molecule has 6 rings (SSSR count). The predicted molar refractivity (Wildman–Crippen MR) is 159 cm³/mol. The molecule has 3 atom stereocenters. The number of carbonyl (C=O) groups is 2. The van der Waals surface area contributed by atoms with Crippen molar-refractivity contribution in [2.75, 3.05) is 27.2 Å². The van der Waals surface area contributed by atoms with Gasteiger partial charge in [-0.15, -0.1) is 0 Å². The van der Waals surface area contributed by atoms with Gasteiger partial charge in [0.25, 0.3) is 0 Å². The number of aromatic nitrogens is 2. The molecule has 3 heterocycles. The highest BCUT2D eigenvalue weighted by molar-refractivity contribution is 5.96. The first kappa shape index (κ1) is 28.7. The van der Waals surface area contributed by atoms with Crippen LogP contribution in [-0.4, -0.2) is 70.0 Å². The van der Waals surface area contributed by atoms with Crippen LogP contribution in [0.15, 0.2) is 73.1 Å².